The van der Waals surface area contributed by atoms with Crippen LogP contribution in [0.2, 0.25) is 0 Å². The van der Waals surface area contributed by atoms with Crippen molar-refractivity contribution in [2.24, 2.45) is 0 Å². The Labute approximate surface area is 149 Å². The summed E-state index contributed by atoms with van der Waals surface area (Å²) >= 11 is 0. The van der Waals surface area contributed by atoms with E-state index in [-0.39, 0.29) is 11.7 Å². The monoisotopic (exact) mass is 348 g/mol. The number of fused-ring (bicyclic) bond motifs is 1. The molecule has 1 N–H and O–H groups in total. The molecule has 1 atom stereocenters. The van der Waals surface area contributed by atoms with Gasteiger partial charge in [-0.3, -0.25) is 10.1 Å². The Balaban J connectivity index is 1.65. The third-order valence-corrected chi connectivity index (χ3v) is 4.19. The minimum Gasteiger partial charge on any atom is -0.491 e. The average Bonchev–Trinajstić information content (AvgIpc) is 3.04. The van der Waals surface area contributed by atoms with Crippen LogP contribution < -0.4 is 10.1 Å². The van der Waals surface area contributed by atoms with Gasteiger partial charge in [-0.05, 0) is 13.0 Å². The van der Waals surface area contributed by atoms with Gasteiger partial charge in [-0.2, -0.15) is 0 Å². The molecule has 0 bridgehead atoms. The number of aromatic nitrogens is 2. The molecular weight excluding hydrogens is 332 g/mol. The lowest BCUT2D eigenvalue weighted by Crippen LogP contribution is -2.13. The zero-order valence-corrected chi connectivity index (χ0v) is 14.0. The van der Waals surface area contributed by atoms with Crippen LogP contribution >= 0.6 is 0 Å². The third-order valence-electron chi connectivity index (χ3n) is 4.19. The Morgan fingerprint density at radius 1 is 1.15 bits per heavy atom. The van der Waals surface area contributed by atoms with Gasteiger partial charge in [0.05, 0.1) is 11.0 Å². The second kappa shape index (κ2) is 6.44. The van der Waals surface area contributed by atoms with E-state index >= 15 is 0 Å². The number of anilines is 1. The fraction of sp³-hybridized carbons (Fsp3) is 0.158. The smallest absolute Gasteiger partial charge is 0.270 e. The van der Waals surface area contributed by atoms with E-state index in [1.54, 1.807) is 12.1 Å². The number of non-ortho nitro benzene ring substituents is 1. The minimum absolute atomic E-state index is 0.00143. The molecular formula is C19H16N4O3. The number of ether oxygens (including phenoxy) is 1. The largest absolute Gasteiger partial charge is 0.491 e. The fourth-order valence-electron chi connectivity index (χ4n) is 2.99. The molecule has 0 saturated carbocycles. The summed E-state index contributed by atoms with van der Waals surface area (Å²) in [5.41, 5.74) is 2.48. The van der Waals surface area contributed by atoms with Crippen LogP contribution in [0.5, 0.6) is 5.75 Å². The number of nitrogens with one attached hydrogen (secondary N) is 1. The first-order valence-electron chi connectivity index (χ1n) is 8.19. The van der Waals surface area contributed by atoms with Crippen LogP contribution in [-0.4, -0.2) is 21.5 Å². The number of rotatable bonds is 4. The summed E-state index contributed by atoms with van der Waals surface area (Å²) in [7, 11) is 0. The van der Waals surface area contributed by atoms with Gasteiger partial charge in [0.2, 0.25) is 0 Å². The summed E-state index contributed by atoms with van der Waals surface area (Å²) in [5.74, 6) is 1.97. The first-order valence-corrected chi connectivity index (χ1v) is 8.19. The molecule has 0 spiro atoms. The summed E-state index contributed by atoms with van der Waals surface area (Å²) in [6.07, 6.45) is 0. The lowest BCUT2D eigenvalue weighted by molar-refractivity contribution is -0.384. The average molecular weight is 348 g/mol. The van der Waals surface area contributed by atoms with Crippen LogP contribution in [0.4, 0.5) is 11.5 Å². The molecule has 0 unspecified atom stereocenters. The van der Waals surface area contributed by atoms with Gasteiger partial charge in [0.15, 0.2) is 5.82 Å². The van der Waals surface area contributed by atoms with Gasteiger partial charge in [0.1, 0.15) is 18.2 Å². The molecule has 1 aromatic heterocycles. The molecule has 130 valence electrons. The summed E-state index contributed by atoms with van der Waals surface area (Å²) in [4.78, 5) is 19.5. The van der Waals surface area contributed by atoms with E-state index in [1.165, 1.54) is 12.1 Å². The molecule has 7 heteroatoms. The standard InChI is InChI=1S/C19H16N4O3/c1-12-9-18(21-16-11-26-17-8-3-2-7-15(16)17)22-19(20-12)13-5-4-6-14(10-13)23(24)25/h2-10,16H,11H2,1H3,(H,20,21,22)/t16-/m0/s1. The molecule has 2 heterocycles. The molecule has 4 rings (SSSR count). The Morgan fingerprint density at radius 2 is 2.00 bits per heavy atom. The van der Waals surface area contributed by atoms with E-state index in [4.69, 9.17) is 4.74 Å². The third kappa shape index (κ3) is 3.06. The quantitative estimate of drug-likeness (QED) is 0.568. The first kappa shape index (κ1) is 16.0. The zero-order chi connectivity index (χ0) is 18.1. The van der Waals surface area contributed by atoms with Crippen LogP contribution in [0.3, 0.4) is 0 Å². The van der Waals surface area contributed by atoms with Gasteiger partial charge in [0, 0.05) is 35.0 Å². The first-order chi connectivity index (χ1) is 12.6. The van der Waals surface area contributed by atoms with Crippen molar-refractivity contribution in [1.82, 2.24) is 9.97 Å². The predicted molar refractivity (Wildman–Crippen MR) is 97.2 cm³/mol. The van der Waals surface area contributed by atoms with E-state index < -0.39 is 4.92 Å². The maximum atomic E-state index is 11.0. The second-order valence-electron chi connectivity index (χ2n) is 6.07. The molecule has 7 nitrogen and oxygen atoms in total. The molecule has 0 saturated heterocycles. The van der Waals surface area contributed by atoms with E-state index in [1.807, 2.05) is 37.3 Å². The van der Waals surface area contributed by atoms with Crippen LogP contribution in [0, 0.1) is 17.0 Å². The molecule has 26 heavy (non-hydrogen) atoms. The number of hydrogen-bond acceptors (Lipinski definition) is 6. The Bertz CT molecular complexity index is 990. The molecule has 2 aromatic carbocycles. The molecule has 0 amide bonds. The Morgan fingerprint density at radius 3 is 2.85 bits per heavy atom. The van der Waals surface area contributed by atoms with E-state index in [9.17, 15) is 10.1 Å². The summed E-state index contributed by atoms with van der Waals surface area (Å²) in [6, 6.07) is 16.1. The Hall–Kier alpha value is -3.48. The zero-order valence-electron chi connectivity index (χ0n) is 14.0. The normalized spacial score (nSPS) is 15.2. The highest BCUT2D eigenvalue weighted by molar-refractivity contribution is 5.61. The van der Waals surface area contributed by atoms with Crippen LogP contribution in [0.1, 0.15) is 17.3 Å². The van der Waals surface area contributed by atoms with E-state index in [2.05, 4.69) is 15.3 Å². The van der Waals surface area contributed by atoms with Crippen molar-refractivity contribution in [2.45, 2.75) is 13.0 Å². The van der Waals surface area contributed by atoms with Gasteiger partial charge in [-0.25, -0.2) is 9.97 Å². The number of benzene rings is 2. The van der Waals surface area contributed by atoms with E-state index in [0.717, 1.165) is 17.0 Å². The second-order valence-corrected chi connectivity index (χ2v) is 6.07. The number of nitro groups is 1. The highest BCUT2D eigenvalue weighted by atomic mass is 16.6. The molecule has 3 aromatic rings. The van der Waals surface area contributed by atoms with Gasteiger partial charge in [0.25, 0.3) is 5.69 Å². The number of nitrogens with zero attached hydrogens (tertiary/aromatic N) is 3. The van der Waals surface area contributed by atoms with Gasteiger partial charge in [-0.1, -0.05) is 30.3 Å². The number of nitro benzene ring substituents is 1. The van der Waals surface area contributed by atoms with E-state index in [0.29, 0.717) is 23.8 Å². The highest BCUT2D eigenvalue weighted by Crippen LogP contribution is 2.34. The molecule has 0 fully saturated rings. The lowest BCUT2D eigenvalue weighted by Gasteiger charge is -2.14. The van der Waals surface area contributed by atoms with Crippen molar-refractivity contribution in [3.05, 3.63) is 76.0 Å². The maximum absolute atomic E-state index is 11.0. The summed E-state index contributed by atoms with van der Waals surface area (Å²) in [6.45, 7) is 2.39. The molecule has 1 aliphatic rings. The number of aryl methyl sites for hydroxylation is 1. The molecule has 0 radical (unpaired) electrons. The SMILES string of the molecule is Cc1cc(N[C@H]2COc3ccccc32)nc(-c2cccc([N+](=O)[O-])c2)n1. The fourth-order valence-corrected chi connectivity index (χ4v) is 2.99. The maximum Gasteiger partial charge on any atom is 0.270 e. The molecule has 0 aliphatic carbocycles. The lowest BCUT2D eigenvalue weighted by atomic mass is 10.1. The van der Waals surface area contributed by atoms with Crippen molar-refractivity contribution < 1.29 is 9.66 Å². The van der Waals surface area contributed by atoms with Crippen molar-refractivity contribution in [2.75, 3.05) is 11.9 Å². The van der Waals surface area contributed by atoms with Crippen LogP contribution in [0.25, 0.3) is 11.4 Å². The molecule has 1 aliphatic heterocycles. The van der Waals surface area contributed by atoms with Crippen molar-refractivity contribution in [3.63, 3.8) is 0 Å². The minimum atomic E-state index is -0.425. The Kier molecular flexibility index (Phi) is 3.96. The predicted octanol–water partition coefficient (Wildman–Crippen LogP) is 3.91. The van der Waals surface area contributed by atoms with Crippen molar-refractivity contribution in [3.8, 4) is 17.1 Å². The topological polar surface area (TPSA) is 90.2 Å². The summed E-state index contributed by atoms with van der Waals surface area (Å²) in [5, 5.41) is 14.4. The van der Waals surface area contributed by atoms with Gasteiger partial charge < -0.3 is 10.1 Å². The van der Waals surface area contributed by atoms with Crippen LogP contribution in [-0.2, 0) is 0 Å². The highest BCUT2D eigenvalue weighted by Gasteiger charge is 2.24. The van der Waals surface area contributed by atoms with Gasteiger partial charge >= 0.3 is 0 Å². The van der Waals surface area contributed by atoms with Crippen molar-refractivity contribution in [1.29, 1.82) is 0 Å². The van der Waals surface area contributed by atoms with Crippen molar-refractivity contribution >= 4 is 11.5 Å². The number of para-hydroxylation sites is 1. The van der Waals surface area contributed by atoms with Crippen LogP contribution in [0.15, 0.2) is 54.6 Å². The summed E-state index contributed by atoms with van der Waals surface area (Å²) < 4.78 is 5.69. The number of hydrogen-bond donors (Lipinski definition) is 1. The van der Waals surface area contributed by atoms with Gasteiger partial charge in [-0.15, -0.1) is 0 Å².